The Labute approximate surface area is 162 Å². The Kier molecular flexibility index (Phi) is 5.21. The Balaban J connectivity index is 1.34. The van der Waals surface area contributed by atoms with Crippen LogP contribution in [0.5, 0.6) is 0 Å². The predicted molar refractivity (Wildman–Crippen MR) is 108 cm³/mol. The molecule has 3 nitrogen and oxygen atoms in total. The third-order valence-electron chi connectivity index (χ3n) is 5.43. The summed E-state index contributed by atoms with van der Waals surface area (Å²) in [7, 11) is 0. The second-order valence-electron chi connectivity index (χ2n) is 7.33. The predicted octanol–water partition coefficient (Wildman–Crippen LogP) is 5.34. The first-order valence-corrected chi connectivity index (χ1v) is 10.3. The average molecular weight is 383 g/mol. The van der Waals surface area contributed by atoms with E-state index in [0.29, 0.717) is 12.3 Å². The third kappa shape index (κ3) is 4.03. The number of amides is 1. The molecule has 4 rings (SSSR count). The highest BCUT2D eigenvalue weighted by Crippen LogP contribution is 2.34. The largest absolute Gasteiger partial charge is 0.343 e. The molecule has 0 bridgehead atoms. The van der Waals surface area contributed by atoms with E-state index in [9.17, 15) is 9.18 Å². The number of carbonyl (C=O) groups is 1. The van der Waals surface area contributed by atoms with Crippen molar-refractivity contribution in [2.24, 2.45) is 0 Å². The molecule has 2 heterocycles. The maximum Gasteiger partial charge on any atom is 0.223 e. The molecule has 27 heavy (non-hydrogen) atoms. The number of carbonyl (C=O) groups excluding carboxylic acids is 1. The summed E-state index contributed by atoms with van der Waals surface area (Å²) in [4.78, 5) is 19.4. The van der Waals surface area contributed by atoms with Gasteiger partial charge in [-0.2, -0.15) is 0 Å². The fourth-order valence-electron chi connectivity index (χ4n) is 3.74. The Morgan fingerprint density at radius 3 is 2.59 bits per heavy atom. The average Bonchev–Trinajstić information content (AvgIpc) is 3.13. The number of rotatable bonds is 4. The fourth-order valence-corrected chi connectivity index (χ4v) is 4.88. The number of hydrogen-bond donors (Lipinski definition) is 0. The molecule has 1 aliphatic rings. The van der Waals surface area contributed by atoms with Crippen molar-refractivity contribution in [3.63, 3.8) is 0 Å². The van der Waals surface area contributed by atoms with E-state index in [1.54, 1.807) is 23.5 Å². The molecule has 1 aliphatic heterocycles. The first-order chi connectivity index (χ1) is 13.1. The zero-order chi connectivity index (χ0) is 18.8. The lowest BCUT2D eigenvalue weighted by molar-refractivity contribution is -0.132. The molecule has 3 aromatic rings. The second-order valence-corrected chi connectivity index (χ2v) is 8.39. The number of fused-ring (bicyclic) bond motifs is 1. The number of hydrogen-bond acceptors (Lipinski definition) is 3. The molecule has 1 fully saturated rings. The number of likely N-dealkylation sites (tertiary alicyclic amines) is 1. The van der Waals surface area contributed by atoms with Crippen molar-refractivity contribution in [1.29, 1.82) is 0 Å². The van der Waals surface area contributed by atoms with Gasteiger partial charge in [0, 0.05) is 25.4 Å². The Morgan fingerprint density at radius 1 is 1.19 bits per heavy atom. The highest BCUT2D eigenvalue weighted by atomic mass is 32.1. The maximum atomic E-state index is 13.1. The monoisotopic (exact) mass is 382 g/mol. The van der Waals surface area contributed by atoms with Crippen LogP contribution < -0.4 is 0 Å². The van der Waals surface area contributed by atoms with E-state index in [1.165, 1.54) is 21.8 Å². The molecule has 0 saturated carbocycles. The van der Waals surface area contributed by atoms with Gasteiger partial charge in [-0.15, -0.1) is 11.3 Å². The molecule has 5 heteroatoms. The zero-order valence-electron chi connectivity index (χ0n) is 15.4. The van der Waals surface area contributed by atoms with Crippen LogP contribution in [0.25, 0.3) is 10.2 Å². The SMILES string of the molecule is CC(CC(=O)N1CCC(c2nc3ccccc3s2)CC1)c1ccc(F)cc1. The van der Waals surface area contributed by atoms with E-state index < -0.39 is 0 Å². The molecular weight excluding hydrogens is 359 g/mol. The van der Waals surface area contributed by atoms with Gasteiger partial charge in [0.25, 0.3) is 0 Å². The van der Waals surface area contributed by atoms with Gasteiger partial charge in [0.1, 0.15) is 5.82 Å². The number of benzene rings is 2. The van der Waals surface area contributed by atoms with Gasteiger partial charge >= 0.3 is 0 Å². The molecule has 2 aromatic carbocycles. The second kappa shape index (κ2) is 7.77. The van der Waals surface area contributed by atoms with Crippen molar-refractivity contribution in [2.45, 2.75) is 38.0 Å². The first-order valence-electron chi connectivity index (χ1n) is 9.49. The molecule has 1 unspecified atom stereocenters. The quantitative estimate of drug-likeness (QED) is 0.611. The summed E-state index contributed by atoms with van der Waals surface area (Å²) >= 11 is 1.78. The van der Waals surface area contributed by atoms with Crippen molar-refractivity contribution < 1.29 is 9.18 Å². The summed E-state index contributed by atoms with van der Waals surface area (Å²) < 4.78 is 14.3. The first kappa shape index (κ1) is 18.1. The summed E-state index contributed by atoms with van der Waals surface area (Å²) in [6, 6.07) is 14.7. The topological polar surface area (TPSA) is 33.2 Å². The van der Waals surface area contributed by atoms with Crippen LogP contribution in [0.3, 0.4) is 0 Å². The number of aromatic nitrogens is 1. The van der Waals surface area contributed by atoms with Gasteiger partial charge in [-0.05, 0) is 48.6 Å². The Bertz CT molecular complexity index is 896. The van der Waals surface area contributed by atoms with Crippen LogP contribution in [-0.2, 0) is 4.79 Å². The van der Waals surface area contributed by atoms with Crippen LogP contribution in [0.2, 0.25) is 0 Å². The van der Waals surface area contributed by atoms with Gasteiger partial charge in [-0.3, -0.25) is 4.79 Å². The highest BCUT2D eigenvalue weighted by Gasteiger charge is 2.26. The molecule has 1 atom stereocenters. The van der Waals surface area contributed by atoms with Gasteiger partial charge in [0.2, 0.25) is 5.91 Å². The van der Waals surface area contributed by atoms with Crippen molar-refractivity contribution >= 4 is 27.5 Å². The lowest BCUT2D eigenvalue weighted by Crippen LogP contribution is -2.38. The molecule has 1 amide bonds. The molecule has 1 aromatic heterocycles. The van der Waals surface area contributed by atoms with Gasteiger partial charge in [-0.1, -0.05) is 31.2 Å². The maximum absolute atomic E-state index is 13.1. The van der Waals surface area contributed by atoms with E-state index in [2.05, 4.69) is 12.1 Å². The van der Waals surface area contributed by atoms with Crippen molar-refractivity contribution in [1.82, 2.24) is 9.88 Å². The van der Waals surface area contributed by atoms with E-state index in [1.807, 2.05) is 24.0 Å². The highest BCUT2D eigenvalue weighted by molar-refractivity contribution is 7.18. The summed E-state index contributed by atoms with van der Waals surface area (Å²) in [5.41, 5.74) is 2.08. The van der Waals surface area contributed by atoms with Crippen LogP contribution >= 0.6 is 11.3 Å². The van der Waals surface area contributed by atoms with Crippen LogP contribution in [0.4, 0.5) is 4.39 Å². The lowest BCUT2D eigenvalue weighted by Gasteiger charge is -2.32. The number of piperidine rings is 1. The normalized spacial score (nSPS) is 16.6. The number of nitrogens with zero attached hydrogens (tertiary/aromatic N) is 2. The Morgan fingerprint density at radius 2 is 1.89 bits per heavy atom. The van der Waals surface area contributed by atoms with Crippen molar-refractivity contribution in [3.8, 4) is 0 Å². The standard InChI is InChI=1S/C22H23FN2OS/c1-15(16-6-8-18(23)9-7-16)14-21(26)25-12-10-17(11-13-25)22-24-19-4-2-3-5-20(19)27-22/h2-9,15,17H,10-14H2,1H3. The molecular formula is C22H23FN2OS. The van der Waals surface area contributed by atoms with Gasteiger partial charge in [0.05, 0.1) is 15.2 Å². The van der Waals surface area contributed by atoms with E-state index in [0.717, 1.165) is 37.0 Å². The van der Waals surface area contributed by atoms with Gasteiger partial charge in [-0.25, -0.2) is 9.37 Å². The fraction of sp³-hybridized carbons (Fsp3) is 0.364. The molecule has 0 aliphatic carbocycles. The number of halogens is 1. The summed E-state index contributed by atoms with van der Waals surface area (Å²) in [6.07, 6.45) is 2.41. The van der Waals surface area contributed by atoms with E-state index >= 15 is 0 Å². The molecule has 140 valence electrons. The zero-order valence-corrected chi connectivity index (χ0v) is 16.2. The molecule has 0 N–H and O–H groups in total. The lowest BCUT2D eigenvalue weighted by atomic mass is 9.94. The van der Waals surface area contributed by atoms with Gasteiger partial charge in [0.15, 0.2) is 0 Å². The smallest absolute Gasteiger partial charge is 0.223 e. The van der Waals surface area contributed by atoms with E-state index in [4.69, 9.17) is 4.98 Å². The minimum Gasteiger partial charge on any atom is -0.343 e. The van der Waals surface area contributed by atoms with Crippen molar-refractivity contribution in [2.75, 3.05) is 13.1 Å². The minimum absolute atomic E-state index is 0.0973. The number of para-hydroxylation sites is 1. The number of thiazole rings is 1. The van der Waals surface area contributed by atoms with Crippen LogP contribution in [0.15, 0.2) is 48.5 Å². The molecule has 1 saturated heterocycles. The third-order valence-corrected chi connectivity index (χ3v) is 6.63. The summed E-state index contributed by atoms with van der Waals surface area (Å²) in [5.74, 6) is 0.491. The molecule has 0 radical (unpaired) electrons. The van der Waals surface area contributed by atoms with Crippen LogP contribution in [0, 0.1) is 5.82 Å². The van der Waals surface area contributed by atoms with Crippen LogP contribution in [0.1, 0.15) is 48.6 Å². The van der Waals surface area contributed by atoms with E-state index in [-0.39, 0.29) is 17.6 Å². The van der Waals surface area contributed by atoms with Gasteiger partial charge < -0.3 is 4.90 Å². The molecule has 0 spiro atoms. The Hall–Kier alpha value is -2.27. The minimum atomic E-state index is -0.241. The summed E-state index contributed by atoms with van der Waals surface area (Å²) in [6.45, 7) is 3.60. The summed E-state index contributed by atoms with van der Waals surface area (Å²) in [5, 5.41) is 1.20. The van der Waals surface area contributed by atoms with Crippen LogP contribution in [-0.4, -0.2) is 28.9 Å². The van der Waals surface area contributed by atoms with Crippen molar-refractivity contribution in [3.05, 3.63) is 64.9 Å².